The zero-order chi connectivity index (χ0) is 30.7. The molecule has 0 N–H and O–H groups in total. The molecule has 0 unspecified atom stereocenters. The van der Waals surface area contributed by atoms with Crippen LogP contribution in [0.25, 0.3) is 0 Å². The van der Waals surface area contributed by atoms with Crippen LogP contribution in [0.3, 0.4) is 0 Å². The number of rotatable bonds is 37. The van der Waals surface area contributed by atoms with E-state index < -0.39 is 8.32 Å². The highest BCUT2D eigenvalue weighted by atomic mass is 28.4. The molecule has 0 rings (SSSR count). The van der Waals surface area contributed by atoms with Crippen molar-refractivity contribution in [1.82, 2.24) is 0 Å². The van der Waals surface area contributed by atoms with Crippen molar-refractivity contribution in [2.45, 2.75) is 97.2 Å². The van der Waals surface area contributed by atoms with Crippen LogP contribution < -0.4 is 0 Å². The van der Waals surface area contributed by atoms with Crippen LogP contribution in [0, 0.1) is 0 Å². The molecule has 0 aromatic heterocycles. The minimum atomic E-state index is -1.44. The average Bonchev–Trinajstić information content (AvgIpc) is 2.96. The summed E-state index contributed by atoms with van der Waals surface area (Å²) in [6.45, 7) is 18.8. The van der Waals surface area contributed by atoms with Crippen molar-refractivity contribution in [2.24, 2.45) is 0 Å². The molecule has 0 radical (unpaired) electrons. The Morgan fingerprint density at radius 1 is 0.286 bits per heavy atom. The van der Waals surface area contributed by atoms with E-state index in [9.17, 15) is 0 Å². The molecular weight excluding hydrogens is 556 g/mol. The number of hydrogen-bond donors (Lipinski definition) is 0. The van der Waals surface area contributed by atoms with Gasteiger partial charge >= 0.3 is 0 Å². The fraction of sp³-hybridized carbons (Fsp3) is 1.00. The maximum absolute atomic E-state index is 5.72. The van der Waals surface area contributed by atoms with Gasteiger partial charge in [-0.1, -0.05) is 71.1 Å². The molecule has 42 heavy (non-hydrogen) atoms. The predicted molar refractivity (Wildman–Crippen MR) is 172 cm³/mol. The van der Waals surface area contributed by atoms with Gasteiger partial charge in [0.2, 0.25) is 0 Å². The highest BCUT2D eigenvalue weighted by Crippen LogP contribution is 2.11. The Bertz CT molecular complexity index is 495. The summed E-state index contributed by atoms with van der Waals surface area (Å²) in [4.78, 5) is 0. The summed E-state index contributed by atoms with van der Waals surface area (Å²) in [7, 11) is -1.44. The third kappa shape index (κ3) is 39.9. The minimum Gasteiger partial charge on any atom is -0.415 e. The van der Waals surface area contributed by atoms with E-state index in [4.69, 9.17) is 42.3 Å². The van der Waals surface area contributed by atoms with Crippen molar-refractivity contribution in [2.75, 3.05) is 112 Å². The second kappa shape index (κ2) is 35.3. The largest absolute Gasteiger partial charge is 0.415 e. The second-order valence-corrected chi connectivity index (χ2v) is 15.9. The van der Waals surface area contributed by atoms with Gasteiger partial charge in [-0.05, 0) is 26.1 Å². The van der Waals surface area contributed by atoms with E-state index in [2.05, 4.69) is 26.6 Å². The Kier molecular flexibility index (Phi) is 35.2. The van der Waals surface area contributed by atoms with Crippen LogP contribution in [0.15, 0.2) is 0 Å². The SMILES string of the molecule is CCCCCCCCCCCCCOCCOCCOCCOCCOCCOCCOCCOCCO[Si](C)(C)C. The lowest BCUT2D eigenvalue weighted by Crippen LogP contribution is -2.27. The lowest BCUT2D eigenvalue weighted by atomic mass is 10.1. The Labute approximate surface area is 260 Å². The minimum absolute atomic E-state index is 0.542. The van der Waals surface area contributed by atoms with Crippen LogP contribution >= 0.6 is 0 Å². The summed E-state index contributed by atoms with van der Waals surface area (Å²) < 4.78 is 49.9. The van der Waals surface area contributed by atoms with E-state index in [0.717, 1.165) is 13.0 Å². The first-order valence-electron chi connectivity index (χ1n) is 16.8. The Morgan fingerprint density at radius 3 is 0.810 bits per heavy atom. The van der Waals surface area contributed by atoms with Crippen molar-refractivity contribution in [3.63, 3.8) is 0 Å². The number of ether oxygens (including phenoxy) is 8. The van der Waals surface area contributed by atoms with Crippen LogP contribution in [0.2, 0.25) is 19.6 Å². The van der Waals surface area contributed by atoms with Gasteiger partial charge in [0.15, 0.2) is 8.32 Å². The molecule has 0 heterocycles. The van der Waals surface area contributed by atoms with E-state index in [1.165, 1.54) is 64.2 Å². The lowest BCUT2D eigenvalue weighted by Gasteiger charge is -2.16. The fourth-order valence-electron chi connectivity index (χ4n) is 3.92. The molecule has 0 saturated heterocycles. The first-order valence-corrected chi connectivity index (χ1v) is 20.2. The van der Waals surface area contributed by atoms with Gasteiger partial charge in [0, 0.05) is 6.61 Å². The van der Waals surface area contributed by atoms with E-state index in [0.29, 0.717) is 106 Å². The summed E-state index contributed by atoms with van der Waals surface area (Å²) in [5.74, 6) is 0. The first-order chi connectivity index (χ1) is 20.6. The van der Waals surface area contributed by atoms with Gasteiger partial charge in [0.1, 0.15) is 0 Å². The molecular formula is C32H68O9Si. The van der Waals surface area contributed by atoms with Gasteiger partial charge in [-0.15, -0.1) is 0 Å². The Hall–Kier alpha value is -0.143. The molecule has 0 bridgehead atoms. The maximum Gasteiger partial charge on any atom is 0.183 e. The van der Waals surface area contributed by atoms with Crippen LogP contribution in [0.5, 0.6) is 0 Å². The molecule has 0 fully saturated rings. The topological polar surface area (TPSA) is 83.1 Å². The van der Waals surface area contributed by atoms with Crippen LogP contribution in [-0.2, 0) is 42.3 Å². The quantitative estimate of drug-likeness (QED) is 0.0586. The molecule has 0 spiro atoms. The predicted octanol–water partition coefficient (Wildman–Crippen LogP) is 6.28. The molecule has 0 aliphatic carbocycles. The normalized spacial score (nSPS) is 12.0. The molecule has 9 nitrogen and oxygen atoms in total. The molecule has 10 heteroatoms. The van der Waals surface area contributed by atoms with E-state index in [-0.39, 0.29) is 0 Å². The van der Waals surface area contributed by atoms with Gasteiger partial charge in [-0.3, -0.25) is 0 Å². The Morgan fingerprint density at radius 2 is 0.524 bits per heavy atom. The van der Waals surface area contributed by atoms with Crippen LogP contribution in [-0.4, -0.2) is 121 Å². The van der Waals surface area contributed by atoms with E-state index in [1.807, 2.05) is 0 Å². The first kappa shape index (κ1) is 41.9. The second-order valence-electron chi connectivity index (χ2n) is 11.4. The van der Waals surface area contributed by atoms with E-state index in [1.54, 1.807) is 0 Å². The number of hydrogen-bond acceptors (Lipinski definition) is 9. The molecule has 0 aromatic rings. The summed E-state index contributed by atoms with van der Waals surface area (Å²) in [5, 5.41) is 0. The molecule has 0 aromatic carbocycles. The van der Waals surface area contributed by atoms with Crippen LogP contribution in [0.4, 0.5) is 0 Å². The molecule has 0 aliphatic heterocycles. The fourth-order valence-corrected chi connectivity index (χ4v) is 4.61. The highest BCUT2D eigenvalue weighted by molar-refractivity contribution is 6.69. The summed E-state index contributed by atoms with van der Waals surface area (Å²) in [5.41, 5.74) is 0. The highest BCUT2D eigenvalue weighted by Gasteiger charge is 2.13. The van der Waals surface area contributed by atoms with E-state index >= 15 is 0 Å². The van der Waals surface area contributed by atoms with Crippen LogP contribution in [0.1, 0.15) is 77.6 Å². The molecule has 0 atom stereocenters. The summed E-state index contributed by atoms with van der Waals surface area (Å²) >= 11 is 0. The smallest absolute Gasteiger partial charge is 0.183 e. The van der Waals surface area contributed by atoms with Crippen molar-refractivity contribution < 1.29 is 42.3 Å². The van der Waals surface area contributed by atoms with Crippen molar-refractivity contribution in [3.05, 3.63) is 0 Å². The number of unbranched alkanes of at least 4 members (excludes halogenated alkanes) is 10. The van der Waals surface area contributed by atoms with Gasteiger partial charge in [-0.25, -0.2) is 0 Å². The van der Waals surface area contributed by atoms with Gasteiger partial charge in [-0.2, -0.15) is 0 Å². The third-order valence-corrected chi connectivity index (χ3v) is 7.33. The zero-order valence-electron chi connectivity index (χ0n) is 28.0. The summed E-state index contributed by atoms with van der Waals surface area (Å²) in [6.07, 6.45) is 14.9. The van der Waals surface area contributed by atoms with Gasteiger partial charge in [0.05, 0.1) is 106 Å². The Balaban J connectivity index is 3.04. The summed E-state index contributed by atoms with van der Waals surface area (Å²) in [6, 6.07) is 0. The standard InChI is InChI=1S/C32H68O9Si/c1-5-6-7-8-9-10-11-12-13-14-15-16-33-17-18-34-19-20-35-21-22-36-23-24-37-25-26-38-27-28-39-29-30-40-31-32-41-42(2,3)4/h5-32H2,1-4H3. The van der Waals surface area contributed by atoms with Gasteiger partial charge in [0.25, 0.3) is 0 Å². The zero-order valence-corrected chi connectivity index (χ0v) is 29.0. The van der Waals surface area contributed by atoms with Crippen molar-refractivity contribution in [3.8, 4) is 0 Å². The molecule has 0 saturated carbocycles. The lowest BCUT2D eigenvalue weighted by molar-refractivity contribution is -0.0237. The average molecular weight is 625 g/mol. The molecule has 254 valence electrons. The molecule has 0 amide bonds. The van der Waals surface area contributed by atoms with Crippen molar-refractivity contribution in [1.29, 1.82) is 0 Å². The van der Waals surface area contributed by atoms with Crippen molar-refractivity contribution >= 4 is 8.32 Å². The van der Waals surface area contributed by atoms with Gasteiger partial charge < -0.3 is 42.3 Å². The molecule has 0 aliphatic rings. The third-order valence-electron chi connectivity index (χ3n) is 6.26. The maximum atomic E-state index is 5.72. The monoisotopic (exact) mass is 624 g/mol.